The molecule has 8 heteroatoms. The molecule has 2 N–H and O–H groups in total. The first kappa shape index (κ1) is 17.8. The standard InChI is InChI=1S/C19H22N4O3S/c1-12(2)23-10-9-17(21-23)27(25,26)22-19(24)20-18-15-7-3-5-13(15)11-14-6-4-8-16(14)18/h3,7,9-12H,4-6,8H2,1-2H3,(H2,20,22,24). The zero-order chi connectivity index (χ0) is 19.2. The average Bonchev–Trinajstić information content (AvgIpc) is 3.34. The molecule has 0 saturated carbocycles. The third-order valence-electron chi connectivity index (χ3n) is 5.00. The molecule has 2 aromatic rings. The van der Waals surface area contributed by atoms with Gasteiger partial charge in [-0.3, -0.25) is 4.68 Å². The summed E-state index contributed by atoms with van der Waals surface area (Å²) in [6.07, 6.45) is 9.38. The Bertz CT molecular complexity index is 1050. The summed E-state index contributed by atoms with van der Waals surface area (Å²) in [6, 6.07) is 2.85. The molecule has 2 aliphatic carbocycles. The van der Waals surface area contributed by atoms with Crippen molar-refractivity contribution in [2.75, 3.05) is 5.32 Å². The topological polar surface area (TPSA) is 93.1 Å². The Hall–Kier alpha value is -2.61. The first-order valence-corrected chi connectivity index (χ1v) is 10.6. The number of nitrogens with one attached hydrogen (secondary N) is 2. The van der Waals surface area contributed by atoms with Crippen molar-refractivity contribution in [1.29, 1.82) is 0 Å². The molecule has 1 heterocycles. The number of hydrogen-bond acceptors (Lipinski definition) is 4. The van der Waals surface area contributed by atoms with E-state index in [4.69, 9.17) is 0 Å². The van der Waals surface area contributed by atoms with Gasteiger partial charge < -0.3 is 5.32 Å². The van der Waals surface area contributed by atoms with Crippen molar-refractivity contribution in [2.45, 2.75) is 50.6 Å². The van der Waals surface area contributed by atoms with Crippen LogP contribution in [-0.2, 0) is 29.3 Å². The Kier molecular flexibility index (Phi) is 4.30. The molecule has 0 aliphatic heterocycles. The minimum atomic E-state index is -4.03. The van der Waals surface area contributed by atoms with Crippen LogP contribution >= 0.6 is 0 Å². The van der Waals surface area contributed by atoms with Gasteiger partial charge in [0.1, 0.15) is 0 Å². The number of amides is 2. The summed E-state index contributed by atoms with van der Waals surface area (Å²) in [6.45, 7) is 3.79. The number of anilines is 1. The predicted octanol–water partition coefficient (Wildman–Crippen LogP) is 3.03. The van der Waals surface area contributed by atoms with Gasteiger partial charge in [-0.05, 0) is 62.3 Å². The highest BCUT2D eigenvalue weighted by atomic mass is 32.2. The number of sulfonamides is 1. The minimum Gasteiger partial charge on any atom is -0.306 e. The number of urea groups is 1. The number of aromatic nitrogens is 2. The van der Waals surface area contributed by atoms with Gasteiger partial charge in [0.25, 0.3) is 10.0 Å². The highest BCUT2D eigenvalue weighted by Gasteiger charge is 2.25. The molecule has 4 rings (SSSR count). The van der Waals surface area contributed by atoms with Gasteiger partial charge in [0.2, 0.25) is 0 Å². The van der Waals surface area contributed by atoms with Crippen LogP contribution in [0.3, 0.4) is 0 Å². The van der Waals surface area contributed by atoms with E-state index in [0.717, 1.165) is 42.5 Å². The largest absolute Gasteiger partial charge is 0.333 e. The van der Waals surface area contributed by atoms with Crippen LogP contribution in [0.1, 0.15) is 48.6 Å². The van der Waals surface area contributed by atoms with Crippen LogP contribution in [0.25, 0.3) is 6.08 Å². The zero-order valence-corrected chi connectivity index (χ0v) is 16.1. The molecule has 0 bridgehead atoms. The van der Waals surface area contributed by atoms with Crippen molar-refractivity contribution in [3.63, 3.8) is 0 Å². The van der Waals surface area contributed by atoms with Crippen molar-refractivity contribution in [1.82, 2.24) is 14.5 Å². The van der Waals surface area contributed by atoms with Crippen LogP contribution in [0.4, 0.5) is 10.5 Å². The second-order valence-electron chi connectivity index (χ2n) is 7.21. The maximum atomic E-state index is 12.5. The quantitative estimate of drug-likeness (QED) is 0.845. The number of allylic oxidation sites excluding steroid dienone is 1. The summed E-state index contributed by atoms with van der Waals surface area (Å²) in [5.41, 5.74) is 5.23. The van der Waals surface area contributed by atoms with Crippen LogP contribution in [0.5, 0.6) is 0 Å². The van der Waals surface area contributed by atoms with Crippen LogP contribution in [0.2, 0.25) is 0 Å². The third-order valence-corrected chi connectivity index (χ3v) is 6.22. The smallest absolute Gasteiger partial charge is 0.306 e. The van der Waals surface area contributed by atoms with Crippen molar-refractivity contribution in [2.24, 2.45) is 0 Å². The van der Waals surface area contributed by atoms with E-state index in [2.05, 4.69) is 27.3 Å². The fraction of sp³-hybridized carbons (Fsp3) is 0.368. The van der Waals surface area contributed by atoms with Gasteiger partial charge in [0.15, 0.2) is 5.03 Å². The van der Waals surface area contributed by atoms with Crippen LogP contribution in [-0.4, -0.2) is 24.2 Å². The summed E-state index contributed by atoms with van der Waals surface area (Å²) < 4.78 is 28.6. The molecule has 0 radical (unpaired) electrons. The second-order valence-corrected chi connectivity index (χ2v) is 8.84. The van der Waals surface area contributed by atoms with E-state index in [1.807, 2.05) is 19.9 Å². The average molecular weight is 386 g/mol. The fourth-order valence-corrected chi connectivity index (χ4v) is 4.54. The summed E-state index contributed by atoms with van der Waals surface area (Å²) in [5.74, 6) is 0. The number of rotatable bonds is 4. The Morgan fingerprint density at radius 2 is 2.07 bits per heavy atom. The zero-order valence-electron chi connectivity index (χ0n) is 15.3. The number of benzene rings is 1. The van der Waals surface area contributed by atoms with Crippen molar-refractivity contribution >= 4 is 27.8 Å². The Balaban J connectivity index is 1.58. The number of fused-ring (bicyclic) bond motifs is 2. The molecule has 7 nitrogen and oxygen atoms in total. The molecule has 1 aromatic carbocycles. The number of nitrogens with zero attached hydrogens (tertiary/aromatic N) is 2. The van der Waals surface area contributed by atoms with Gasteiger partial charge in [0, 0.05) is 17.8 Å². The summed E-state index contributed by atoms with van der Waals surface area (Å²) >= 11 is 0. The maximum Gasteiger partial charge on any atom is 0.333 e. The molecule has 1 aromatic heterocycles. The van der Waals surface area contributed by atoms with Crippen LogP contribution < -0.4 is 10.0 Å². The predicted molar refractivity (Wildman–Crippen MR) is 103 cm³/mol. The molecular weight excluding hydrogens is 364 g/mol. The molecule has 0 unspecified atom stereocenters. The normalized spacial score (nSPS) is 15.1. The Morgan fingerprint density at radius 3 is 2.81 bits per heavy atom. The van der Waals surface area contributed by atoms with E-state index in [-0.39, 0.29) is 11.1 Å². The molecule has 0 saturated heterocycles. The second kappa shape index (κ2) is 6.53. The maximum absolute atomic E-state index is 12.5. The number of carbonyl (C=O) groups excluding carboxylic acids is 1. The van der Waals surface area contributed by atoms with Gasteiger partial charge in [-0.25, -0.2) is 9.52 Å². The van der Waals surface area contributed by atoms with E-state index >= 15 is 0 Å². The van der Waals surface area contributed by atoms with Crippen LogP contribution in [0.15, 0.2) is 29.4 Å². The van der Waals surface area contributed by atoms with Crippen LogP contribution in [0, 0.1) is 0 Å². The van der Waals surface area contributed by atoms with Gasteiger partial charge >= 0.3 is 6.03 Å². The van der Waals surface area contributed by atoms with Crippen molar-refractivity contribution in [3.8, 4) is 0 Å². The number of carbonyl (C=O) groups is 1. The highest BCUT2D eigenvalue weighted by Crippen LogP contribution is 2.37. The lowest BCUT2D eigenvalue weighted by Crippen LogP contribution is -2.35. The fourth-order valence-electron chi connectivity index (χ4n) is 3.69. The Morgan fingerprint density at radius 1 is 1.26 bits per heavy atom. The molecule has 142 valence electrons. The highest BCUT2D eigenvalue weighted by molar-refractivity contribution is 7.90. The van der Waals surface area contributed by atoms with Gasteiger partial charge in [0.05, 0.1) is 5.69 Å². The van der Waals surface area contributed by atoms with Gasteiger partial charge in [-0.1, -0.05) is 18.2 Å². The van der Waals surface area contributed by atoms with Crippen molar-refractivity contribution in [3.05, 3.63) is 46.7 Å². The van der Waals surface area contributed by atoms with E-state index in [1.54, 1.807) is 6.20 Å². The molecule has 0 fully saturated rings. The summed E-state index contributed by atoms with van der Waals surface area (Å²) in [4.78, 5) is 12.5. The van der Waals surface area contributed by atoms with Gasteiger partial charge in [-0.2, -0.15) is 13.5 Å². The lowest BCUT2D eigenvalue weighted by atomic mass is 9.98. The van der Waals surface area contributed by atoms with Crippen molar-refractivity contribution < 1.29 is 13.2 Å². The number of hydrogen-bond donors (Lipinski definition) is 2. The summed E-state index contributed by atoms with van der Waals surface area (Å²) in [7, 11) is -4.03. The molecular formula is C19H22N4O3S. The van der Waals surface area contributed by atoms with Gasteiger partial charge in [-0.15, -0.1) is 0 Å². The molecule has 0 atom stereocenters. The lowest BCUT2D eigenvalue weighted by molar-refractivity contribution is 0.256. The first-order valence-electron chi connectivity index (χ1n) is 9.08. The van der Waals surface area contributed by atoms with E-state index in [0.29, 0.717) is 0 Å². The number of aryl methyl sites for hydroxylation is 1. The first-order chi connectivity index (χ1) is 12.8. The molecule has 2 amide bonds. The molecule has 27 heavy (non-hydrogen) atoms. The van der Waals surface area contributed by atoms with E-state index in [1.165, 1.54) is 21.9 Å². The third kappa shape index (κ3) is 3.25. The Labute approximate surface area is 158 Å². The summed E-state index contributed by atoms with van der Waals surface area (Å²) in [5, 5.41) is 6.64. The molecule has 2 aliphatic rings. The van der Waals surface area contributed by atoms with E-state index in [9.17, 15) is 13.2 Å². The van der Waals surface area contributed by atoms with E-state index < -0.39 is 16.1 Å². The lowest BCUT2D eigenvalue weighted by Gasteiger charge is -2.16. The molecule has 0 spiro atoms. The minimum absolute atomic E-state index is 0.0315. The monoisotopic (exact) mass is 386 g/mol. The SMILES string of the molecule is CC(C)n1ccc(S(=O)(=O)NC(=O)Nc2c3c(cc4c2CCC4)CC=C3)n1.